The van der Waals surface area contributed by atoms with Gasteiger partial charge in [-0.1, -0.05) is 55.8 Å². The second-order valence-corrected chi connectivity index (χ2v) is 5.86. The van der Waals surface area contributed by atoms with Gasteiger partial charge in [-0.2, -0.15) is 0 Å². The number of rotatable bonds is 7. The summed E-state index contributed by atoms with van der Waals surface area (Å²) in [5, 5.41) is 3.68. The molecule has 2 aromatic rings. The van der Waals surface area contributed by atoms with Gasteiger partial charge in [0, 0.05) is 17.5 Å². The second kappa shape index (κ2) is 9.88. The van der Waals surface area contributed by atoms with E-state index in [9.17, 15) is 0 Å². The van der Waals surface area contributed by atoms with Gasteiger partial charge < -0.3 is 5.32 Å². The minimum Gasteiger partial charge on any atom is -0.306 e. The summed E-state index contributed by atoms with van der Waals surface area (Å²) in [6.45, 7) is 3.17. The molecular weight excluding hydrogens is 298 g/mol. The van der Waals surface area contributed by atoms with Crippen molar-refractivity contribution in [2.24, 2.45) is 0 Å². The van der Waals surface area contributed by atoms with Gasteiger partial charge in [-0.3, -0.25) is 0 Å². The third kappa shape index (κ3) is 5.74. The minimum atomic E-state index is 0. The largest absolute Gasteiger partial charge is 0.306 e. The van der Waals surface area contributed by atoms with Crippen molar-refractivity contribution in [1.29, 1.82) is 0 Å². The van der Waals surface area contributed by atoms with E-state index in [1.54, 1.807) is 11.8 Å². The Morgan fingerprint density at radius 3 is 2.24 bits per heavy atom. The van der Waals surface area contributed by atoms with Gasteiger partial charge in [-0.25, -0.2) is 0 Å². The topological polar surface area (TPSA) is 12.0 Å². The Morgan fingerprint density at radius 1 is 1.00 bits per heavy atom. The molecule has 2 rings (SSSR count). The summed E-state index contributed by atoms with van der Waals surface area (Å²) < 4.78 is 0. The molecule has 0 aliphatic heterocycles. The van der Waals surface area contributed by atoms with Gasteiger partial charge in [-0.15, -0.1) is 24.2 Å². The van der Waals surface area contributed by atoms with Crippen LogP contribution in [0.1, 0.15) is 36.9 Å². The van der Waals surface area contributed by atoms with E-state index in [2.05, 4.69) is 73.1 Å². The molecule has 0 aliphatic carbocycles. The normalized spacial score (nSPS) is 11.7. The molecule has 0 spiro atoms. The standard InChI is InChI=1S/C18H23NS.ClH/c1-3-7-18(16-8-5-4-6-9-16)19-14-15-10-12-17(20-2)13-11-15;/h4-6,8-13,18-19H,3,7,14H2,1-2H3;1H. The van der Waals surface area contributed by atoms with E-state index >= 15 is 0 Å². The van der Waals surface area contributed by atoms with Gasteiger partial charge >= 0.3 is 0 Å². The van der Waals surface area contributed by atoms with Gasteiger partial charge in [0.25, 0.3) is 0 Å². The molecule has 0 heterocycles. The molecule has 21 heavy (non-hydrogen) atoms. The lowest BCUT2D eigenvalue weighted by Crippen LogP contribution is -2.20. The van der Waals surface area contributed by atoms with Crippen LogP contribution in [0.3, 0.4) is 0 Å². The maximum atomic E-state index is 3.68. The molecule has 1 N–H and O–H groups in total. The lowest BCUT2D eigenvalue weighted by Gasteiger charge is -2.18. The molecule has 0 saturated heterocycles. The van der Waals surface area contributed by atoms with Crippen LogP contribution in [-0.4, -0.2) is 6.26 Å². The van der Waals surface area contributed by atoms with Crippen LogP contribution in [-0.2, 0) is 6.54 Å². The fourth-order valence-corrected chi connectivity index (χ4v) is 2.75. The molecule has 1 unspecified atom stereocenters. The van der Waals surface area contributed by atoms with Crippen LogP contribution >= 0.6 is 24.2 Å². The highest BCUT2D eigenvalue weighted by Gasteiger charge is 2.09. The monoisotopic (exact) mass is 321 g/mol. The maximum absolute atomic E-state index is 3.68. The van der Waals surface area contributed by atoms with Gasteiger partial charge in [0.2, 0.25) is 0 Å². The molecular formula is C18H24ClNS. The van der Waals surface area contributed by atoms with Crippen LogP contribution in [0, 0.1) is 0 Å². The third-order valence-electron chi connectivity index (χ3n) is 3.49. The first-order valence-corrected chi connectivity index (χ1v) is 8.47. The second-order valence-electron chi connectivity index (χ2n) is 4.98. The first-order chi connectivity index (χ1) is 9.83. The van der Waals surface area contributed by atoms with Crippen molar-refractivity contribution in [1.82, 2.24) is 5.32 Å². The van der Waals surface area contributed by atoms with Crippen molar-refractivity contribution in [3.63, 3.8) is 0 Å². The van der Waals surface area contributed by atoms with Crippen molar-refractivity contribution < 1.29 is 0 Å². The summed E-state index contributed by atoms with van der Waals surface area (Å²) in [5.74, 6) is 0. The average Bonchev–Trinajstić information content (AvgIpc) is 2.53. The Morgan fingerprint density at radius 2 is 1.67 bits per heavy atom. The molecule has 1 nitrogen and oxygen atoms in total. The lowest BCUT2D eigenvalue weighted by atomic mass is 10.0. The SMILES string of the molecule is CCCC(NCc1ccc(SC)cc1)c1ccccc1.Cl. The predicted molar refractivity (Wildman–Crippen MR) is 96.4 cm³/mol. The lowest BCUT2D eigenvalue weighted by molar-refractivity contribution is 0.493. The maximum Gasteiger partial charge on any atom is 0.0323 e. The first kappa shape index (κ1) is 18.1. The van der Waals surface area contributed by atoms with Gasteiger partial charge in [0.1, 0.15) is 0 Å². The Labute approximate surface area is 139 Å². The molecule has 0 amide bonds. The molecule has 0 bridgehead atoms. The number of hydrogen-bond acceptors (Lipinski definition) is 2. The first-order valence-electron chi connectivity index (χ1n) is 7.24. The quantitative estimate of drug-likeness (QED) is 0.679. The summed E-state index contributed by atoms with van der Waals surface area (Å²) in [7, 11) is 0. The van der Waals surface area contributed by atoms with Crippen molar-refractivity contribution in [2.45, 2.75) is 37.2 Å². The van der Waals surface area contributed by atoms with Crippen molar-refractivity contribution in [3.8, 4) is 0 Å². The van der Waals surface area contributed by atoms with Crippen LogP contribution in [0.2, 0.25) is 0 Å². The number of thioether (sulfide) groups is 1. The number of halogens is 1. The molecule has 0 saturated carbocycles. The molecule has 0 fully saturated rings. The van der Waals surface area contributed by atoms with E-state index in [0.717, 1.165) is 6.54 Å². The number of nitrogens with one attached hydrogen (secondary N) is 1. The molecule has 0 aromatic heterocycles. The van der Waals surface area contributed by atoms with E-state index < -0.39 is 0 Å². The fourth-order valence-electron chi connectivity index (χ4n) is 2.35. The summed E-state index contributed by atoms with van der Waals surface area (Å²) >= 11 is 1.79. The molecule has 1 atom stereocenters. The average molecular weight is 322 g/mol. The summed E-state index contributed by atoms with van der Waals surface area (Å²) in [5.41, 5.74) is 2.73. The highest BCUT2D eigenvalue weighted by atomic mass is 35.5. The van der Waals surface area contributed by atoms with E-state index in [-0.39, 0.29) is 12.4 Å². The summed E-state index contributed by atoms with van der Waals surface area (Å²) in [4.78, 5) is 1.32. The van der Waals surface area contributed by atoms with Crippen LogP contribution in [0.4, 0.5) is 0 Å². The van der Waals surface area contributed by atoms with E-state index in [1.165, 1.54) is 28.9 Å². The van der Waals surface area contributed by atoms with Crippen molar-refractivity contribution >= 4 is 24.2 Å². The van der Waals surface area contributed by atoms with Crippen LogP contribution in [0.15, 0.2) is 59.5 Å². The zero-order chi connectivity index (χ0) is 14.2. The van der Waals surface area contributed by atoms with Gasteiger partial charge in [-0.05, 0) is 35.9 Å². The van der Waals surface area contributed by atoms with Crippen LogP contribution in [0.25, 0.3) is 0 Å². The van der Waals surface area contributed by atoms with Crippen molar-refractivity contribution in [2.75, 3.05) is 6.26 Å². The smallest absolute Gasteiger partial charge is 0.0323 e. The van der Waals surface area contributed by atoms with Gasteiger partial charge in [0.05, 0.1) is 0 Å². The highest BCUT2D eigenvalue weighted by Crippen LogP contribution is 2.19. The fraction of sp³-hybridized carbons (Fsp3) is 0.333. The summed E-state index contributed by atoms with van der Waals surface area (Å²) in [6, 6.07) is 20.0. The van der Waals surface area contributed by atoms with E-state index in [4.69, 9.17) is 0 Å². The van der Waals surface area contributed by atoms with E-state index in [0.29, 0.717) is 6.04 Å². The number of benzene rings is 2. The van der Waals surface area contributed by atoms with Crippen LogP contribution in [0.5, 0.6) is 0 Å². The molecule has 0 radical (unpaired) electrons. The molecule has 3 heteroatoms. The summed E-state index contributed by atoms with van der Waals surface area (Å²) in [6.07, 6.45) is 4.48. The Hall–Kier alpha value is -0.960. The Kier molecular flexibility index (Phi) is 8.51. The highest BCUT2D eigenvalue weighted by molar-refractivity contribution is 7.98. The third-order valence-corrected chi connectivity index (χ3v) is 4.23. The minimum absolute atomic E-state index is 0. The number of hydrogen-bond donors (Lipinski definition) is 1. The zero-order valence-corrected chi connectivity index (χ0v) is 14.3. The van der Waals surface area contributed by atoms with Crippen molar-refractivity contribution in [3.05, 3.63) is 65.7 Å². The van der Waals surface area contributed by atoms with E-state index in [1.807, 2.05) is 0 Å². The molecule has 114 valence electrons. The van der Waals surface area contributed by atoms with Crippen LogP contribution < -0.4 is 5.32 Å². The molecule has 2 aromatic carbocycles. The zero-order valence-electron chi connectivity index (χ0n) is 12.7. The Bertz CT molecular complexity index is 498. The Balaban J connectivity index is 0.00000220. The van der Waals surface area contributed by atoms with Gasteiger partial charge in [0.15, 0.2) is 0 Å². The predicted octanol–water partition coefficient (Wildman–Crippen LogP) is 5.46. The molecule has 0 aliphatic rings.